The summed E-state index contributed by atoms with van der Waals surface area (Å²) in [6.07, 6.45) is -4.36. The van der Waals surface area contributed by atoms with Crippen LogP contribution in [0.3, 0.4) is 0 Å². The van der Waals surface area contributed by atoms with Crippen LogP contribution in [-0.4, -0.2) is 38.8 Å². The second-order valence-corrected chi connectivity index (χ2v) is 7.24. The maximum Gasteiger partial charge on any atom is 0.416 e. The Labute approximate surface area is 182 Å². The molecule has 2 aromatic carbocycles. The lowest BCUT2D eigenvalue weighted by molar-refractivity contribution is -0.138. The van der Waals surface area contributed by atoms with Crippen molar-refractivity contribution in [2.24, 2.45) is 0 Å². The molecule has 174 valence electrons. The lowest BCUT2D eigenvalue weighted by Crippen LogP contribution is -2.36. The number of carbonyl (C=O) groups excluding carboxylic acids is 1. The number of hydrogen-bond acceptors (Lipinski definition) is 4. The molecule has 1 amide bonds. The van der Waals surface area contributed by atoms with Crippen molar-refractivity contribution in [3.63, 3.8) is 0 Å². The first-order valence-electron chi connectivity index (χ1n) is 10.1. The van der Waals surface area contributed by atoms with Crippen LogP contribution in [0.1, 0.15) is 24.0 Å². The van der Waals surface area contributed by atoms with E-state index < -0.39 is 29.3 Å². The number of halogens is 5. The molecule has 0 bridgehead atoms. The van der Waals surface area contributed by atoms with Gasteiger partial charge in [-0.25, -0.2) is 8.78 Å². The van der Waals surface area contributed by atoms with Gasteiger partial charge in [0.05, 0.1) is 25.4 Å². The van der Waals surface area contributed by atoms with Gasteiger partial charge in [-0.05, 0) is 36.2 Å². The Kier molecular flexibility index (Phi) is 7.89. The van der Waals surface area contributed by atoms with E-state index in [1.165, 1.54) is 6.07 Å². The number of carbonyl (C=O) groups is 1. The first-order chi connectivity index (χ1) is 15.2. The van der Waals surface area contributed by atoms with Gasteiger partial charge < -0.3 is 19.7 Å². The van der Waals surface area contributed by atoms with E-state index in [1.54, 1.807) is 6.07 Å². The summed E-state index contributed by atoms with van der Waals surface area (Å²) in [5.41, 5.74) is -0.370. The quantitative estimate of drug-likeness (QED) is 0.474. The Balaban J connectivity index is 1.51. The standard InChI is InChI=1S/C22H23F5N2O3/c23-16-4-6-20(19(24)12-16)32-9-1-2-21(30)28-14-15-3-5-17(13-18(15)22(25,26)27)29-7-10-31-11-8-29/h3-6,12-13H,1-2,7-11,14H2,(H,28,30). The highest BCUT2D eigenvalue weighted by Crippen LogP contribution is 2.35. The van der Waals surface area contributed by atoms with E-state index in [4.69, 9.17) is 9.47 Å². The van der Waals surface area contributed by atoms with E-state index in [-0.39, 0.29) is 37.3 Å². The molecule has 0 saturated carbocycles. The topological polar surface area (TPSA) is 50.8 Å². The van der Waals surface area contributed by atoms with Gasteiger partial charge >= 0.3 is 6.18 Å². The molecule has 0 radical (unpaired) electrons. The largest absolute Gasteiger partial charge is 0.491 e. The highest BCUT2D eigenvalue weighted by molar-refractivity contribution is 5.75. The third-order valence-electron chi connectivity index (χ3n) is 4.95. The molecule has 1 aliphatic heterocycles. The number of anilines is 1. The number of benzene rings is 2. The summed E-state index contributed by atoms with van der Waals surface area (Å²) < 4.78 is 77.4. The molecule has 3 rings (SSSR count). The number of morpholine rings is 1. The molecule has 1 saturated heterocycles. The summed E-state index contributed by atoms with van der Waals surface area (Å²) in [4.78, 5) is 13.8. The minimum atomic E-state index is -4.56. The van der Waals surface area contributed by atoms with Gasteiger partial charge in [0.15, 0.2) is 11.6 Å². The molecule has 0 atom stereocenters. The minimum Gasteiger partial charge on any atom is -0.491 e. The highest BCUT2D eigenvalue weighted by Gasteiger charge is 2.34. The van der Waals surface area contributed by atoms with Crippen molar-refractivity contribution in [1.82, 2.24) is 5.32 Å². The van der Waals surface area contributed by atoms with Gasteiger partial charge in [-0.3, -0.25) is 4.79 Å². The number of hydrogen-bond donors (Lipinski definition) is 1. The summed E-state index contributed by atoms with van der Waals surface area (Å²) >= 11 is 0. The SMILES string of the molecule is O=C(CCCOc1ccc(F)cc1F)NCc1ccc(N2CCOCC2)cc1C(F)(F)F. The average Bonchev–Trinajstić information content (AvgIpc) is 2.76. The Hall–Kier alpha value is -2.88. The van der Waals surface area contributed by atoms with Gasteiger partial charge in [0.1, 0.15) is 5.82 Å². The van der Waals surface area contributed by atoms with Crippen LogP contribution >= 0.6 is 0 Å². The number of nitrogens with one attached hydrogen (secondary N) is 1. The Morgan fingerprint density at radius 3 is 2.53 bits per heavy atom. The highest BCUT2D eigenvalue weighted by atomic mass is 19.4. The van der Waals surface area contributed by atoms with Gasteiger partial charge in [0, 0.05) is 37.8 Å². The van der Waals surface area contributed by atoms with Crippen LogP contribution in [0.2, 0.25) is 0 Å². The lowest BCUT2D eigenvalue weighted by atomic mass is 10.0. The molecular weight excluding hydrogens is 435 g/mol. The van der Waals surface area contributed by atoms with Crippen LogP contribution in [-0.2, 0) is 22.3 Å². The number of nitrogens with zero attached hydrogens (tertiary/aromatic N) is 1. The Bertz CT molecular complexity index is 930. The van der Waals surface area contributed by atoms with Gasteiger partial charge in [0.25, 0.3) is 0 Å². The fourth-order valence-electron chi connectivity index (χ4n) is 3.29. The van der Waals surface area contributed by atoms with Gasteiger partial charge in [-0.2, -0.15) is 13.2 Å². The van der Waals surface area contributed by atoms with Crippen molar-refractivity contribution in [3.05, 3.63) is 59.2 Å². The van der Waals surface area contributed by atoms with Crippen molar-refractivity contribution in [1.29, 1.82) is 0 Å². The van der Waals surface area contributed by atoms with Crippen LogP contribution in [0, 0.1) is 11.6 Å². The fraction of sp³-hybridized carbons (Fsp3) is 0.409. The van der Waals surface area contributed by atoms with Crippen molar-refractivity contribution in [3.8, 4) is 5.75 Å². The van der Waals surface area contributed by atoms with Gasteiger partial charge in [-0.1, -0.05) is 6.07 Å². The van der Waals surface area contributed by atoms with Gasteiger partial charge in [0.2, 0.25) is 5.91 Å². The number of ether oxygens (including phenoxy) is 2. The molecule has 0 spiro atoms. The van der Waals surface area contributed by atoms with Crippen LogP contribution in [0.5, 0.6) is 5.75 Å². The molecule has 0 aliphatic carbocycles. The zero-order valence-corrected chi connectivity index (χ0v) is 17.2. The summed E-state index contributed by atoms with van der Waals surface area (Å²) in [7, 11) is 0. The third-order valence-corrected chi connectivity index (χ3v) is 4.95. The van der Waals surface area contributed by atoms with Crippen molar-refractivity contribution in [2.75, 3.05) is 37.8 Å². The first-order valence-corrected chi connectivity index (χ1v) is 10.1. The molecule has 1 heterocycles. The molecule has 5 nitrogen and oxygen atoms in total. The predicted molar refractivity (Wildman–Crippen MR) is 107 cm³/mol. The van der Waals surface area contributed by atoms with E-state index in [0.717, 1.165) is 18.2 Å². The molecule has 1 aliphatic rings. The van der Waals surface area contributed by atoms with Crippen molar-refractivity contribution in [2.45, 2.75) is 25.6 Å². The molecule has 2 aromatic rings. The first kappa shape index (κ1) is 23.8. The van der Waals surface area contributed by atoms with Gasteiger partial charge in [-0.15, -0.1) is 0 Å². The van der Waals surface area contributed by atoms with Crippen LogP contribution in [0.15, 0.2) is 36.4 Å². The van der Waals surface area contributed by atoms with Crippen molar-refractivity contribution >= 4 is 11.6 Å². The monoisotopic (exact) mass is 458 g/mol. The van der Waals surface area contributed by atoms with E-state index in [2.05, 4.69) is 5.32 Å². The zero-order valence-electron chi connectivity index (χ0n) is 17.2. The second kappa shape index (κ2) is 10.6. The number of alkyl halides is 3. The van der Waals surface area contributed by atoms with E-state index in [9.17, 15) is 26.7 Å². The van der Waals surface area contributed by atoms with E-state index in [0.29, 0.717) is 38.1 Å². The van der Waals surface area contributed by atoms with Crippen LogP contribution < -0.4 is 15.0 Å². The summed E-state index contributed by atoms with van der Waals surface area (Å²) in [6, 6.07) is 6.95. The molecule has 1 fully saturated rings. The molecule has 32 heavy (non-hydrogen) atoms. The van der Waals surface area contributed by atoms with Crippen molar-refractivity contribution < 1.29 is 36.2 Å². The second-order valence-electron chi connectivity index (χ2n) is 7.24. The number of amides is 1. The zero-order chi connectivity index (χ0) is 23.1. The normalized spacial score (nSPS) is 14.3. The van der Waals surface area contributed by atoms with Crippen LogP contribution in [0.4, 0.5) is 27.6 Å². The summed E-state index contributed by atoms with van der Waals surface area (Å²) in [6.45, 7) is 1.66. The Morgan fingerprint density at radius 2 is 1.84 bits per heavy atom. The van der Waals surface area contributed by atoms with Crippen LogP contribution in [0.25, 0.3) is 0 Å². The molecule has 0 unspecified atom stereocenters. The third kappa shape index (κ3) is 6.56. The smallest absolute Gasteiger partial charge is 0.416 e. The fourth-order valence-corrected chi connectivity index (χ4v) is 3.29. The van der Waals surface area contributed by atoms with E-state index in [1.807, 2.05) is 4.90 Å². The summed E-state index contributed by atoms with van der Waals surface area (Å²) in [5, 5.41) is 2.48. The molecular formula is C22H23F5N2O3. The minimum absolute atomic E-state index is 0.00196. The number of rotatable bonds is 8. The molecule has 1 N–H and O–H groups in total. The maximum absolute atomic E-state index is 13.6. The average molecular weight is 458 g/mol. The van der Waals surface area contributed by atoms with E-state index >= 15 is 0 Å². The lowest BCUT2D eigenvalue weighted by Gasteiger charge is -2.29. The predicted octanol–water partition coefficient (Wildman–Crippen LogP) is 4.30. The Morgan fingerprint density at radius 1 is 1.09 bits per heavy atom. The molecule has 0 aromatic heterocycles. The summed E-state index contributed by atoms with van der Waals surface area (Å²) in [5.74, 6) is -2.18. The maximum atomic E-state index is 13.6. The molecule has 10 heteroatoms.